The number of hydrogen-bond acceptors (Lipinski definition) is 5. The number of rotatable bonds is 4. The lowest BCUT2D eigenvalue weighted by Crippen LogP contribution is -2.36. The van der Waals surface area contributed by atoms with E-state index in [1.807, 2.05) is 0 Å². The van der Waals surface area contributed by atoms with Gasteiger partial charge in [0, 0.05) is 19.1 Å². The van der Waals surface area contributed by atoms with Gasteiger partial charge in [0.1, 0.15) is 4.88 Å². The van der Waals surface area contributed by atoms with Crippen LogP contribution in [0.15, 0.2) is 6.20 Å². The van der Waals surface area contributed by atoms with E-state index in [1.54, 1.807) is 6.20 Å². The molecule has 0 radical (unpaired) electrons. The molecule has 0 bridgehead atoms. The van der Waals surface area contributed by atoms with Crippen LogP contribution in [0.3, 0.4) is 0 Å². The van der Waals surface area contributed by atoms with Crippen LogP contribution < -0.4 is 11.1 Å². The zero-order chi connectivity index (χ0) is 14.7. The summed E-state index contributed by atoms with van der Waals surface area (Å²) in [5.41, 5.74) is 5.56. The van der Waals surface area contributed by atoms with E-state index in [0.29, 0.717) is 15.9 Å². The van der Waals surface area contributed by atoms with Gasteiger partial charge in [0.2, 0.25) is 0 Å². The van der Waals surface area contributed by atoms with Crippen LogP contribution in [0.4, 0.5) is 5.13 Å². The molecule has 2 heterocycles. The third kappa shape index (κ3) is 3.74. The van der Waals surface area contributed by atoms with Crippen LogP contribution in [0, 0.1) is 5.92 Å². The molecule has 21 heavy (non-hydrogen) atoms. The summed E-state index contributed by atoms with van der Waals surface area (Å²) >= 11 is 1.25. The molecule has 2 fully saturated rings. The van der Waals surface area contributed by atoms with Crippen molar-refractivity contribution >= 4 is 22.4 Å². The van der Waals surface area contributed by atoms with E-state index in [0.717, 1.165) is 19.1 Å². The molecule has 3 rings (SSSR count). The molecule has 0 spiro atoms. The van der Waals surface area contributed by atoms with Crippen LogP contribution in [0.1, 0.15) is 48.2 Å². The number of nitrogens with zero attached hydrogens (tertiary/aromatic N) is 2. The number of nitrogen functional groups attached to an aromatic ring is 1. The number of amides is 1. The van der Waals surface area contributed by atoms with Gasteiger partial charge in [-0.25, -0.2) is 4.98 Å². The molecule has 1 saturated heterocycles. The van der Waals surface area contributed by atoms with E-state index in [-0.39, 0.29) is 5.91 Å². The predicted molar refractivity (Wildman–Crippen MR) is 85.4 cm³/mol. The van der Waals surface area contributed by atoms with Crippen molar-refractivity contribution in [3.05, 3.63) is 11.1 Å². The molecule has 1 aromatic heterocycles. The molecular weight excluding hydrogens is 284 g/mol. The fourth-order valence-electron chi connectivity index (χ4n) is 3.52. The highest BCUT2D eigenvalue weighted by Gasteiger charge is 2.29. The van der Waals surface area contributed by atoms with E-state index in [2.05, 4.69) is 15.2 Å². The van der Waals surface area contributed by atoms with E-state index in [9.17, 15) is 4.79 Å². The van der Waals surface area contributed by atoms with E-state index in [4.69, 9.17) is 5.73 Å². The fraction of sp³-hybridized carbons (Fsp3) is 0.733. The number of thiazole rings is 1. The molecule has 116 valence electrons. The number of aromatic nitrogens is 1. The first-order valence-electron chi connectivity index (χ1n) is 7.96. The van der Waals surface area contributed by atoms with Gasteiger partial charge in [-0.2, -0.15) is 0 Å². The second kappa shape index (κ2) is 6.75. The number of likely N-dealkylation sites (tertiary alicyclic amines) is 1. The molecule has 1 aliphatic carbocycles. The summed E-state index contributed by atoms with van der Waals surface area (Å²) in [6.07, 6.45) is 9.64. The van der Waals surface area contributed by atoms with E-state index in [1.165, 1.54) is 56.4 Å². The molecule has 1 atom stereocenters. The Kier molecular flexibility index (Phi) is 4.75. The maximum Gasteiger partial charge on any atom is 0.263 e. The van der Waals surface area contributed by atoms with Crippen molar-refractivity contribution < 1.29 is 4.79 Å². The minimum absolute atomic E-state index is 0.0414. The molecule has 1 amide bonds. The van der Waals surface area contributed by atoms with E-state index < -0.39 is 0 Å². The number of nitrogens with one attached hydrogen (secondary N) is 1. The van der Waals surface area contributed by atoms with Crippen molar-refractivity contribution in [1.29, 1.82) is 0 Å². The zero-order valence-electron chi connectivity index (χ0n) is 12.4. The average molecular weight is 308 g/mol. The minimum Gasteiger partial charge on any atom is -0.375 e. The summed E-state index contributed by atoms with van der Waals surface area (Å²) in [6.45, 7) is 3.09. The average Bonchev–Trinajstić information content (AvgIpc) is 3.15. The molecule has 0 unspecified atom stereocenters. The van der Waals surface area contributed by atoms with Crippen molar-refractivity contribution in [2.24, 2.45) is 5.92 Å². The number of carbonyl (C=O) groups is 1. The van der Waals surface area contributed by atoms with Gasteiger partial charge < -0.3 is 16.0 Å². The first kappa shape index (κ1) is 14.8. The summed E-state index contributed by atoms with van der Waals surface area (Å²) in [4.78, 5) is 19.2. The molecule has 0 aromatic carbocycles. The van der Waals surface area contributed by atoms with Crippen molar-refractivity contribution in [3.63, 3.8) is 0 Å². The van der Waals surface area contributed by atoms with Crippen molar-refractivity contribution in [3.8, 4) is 0 Å². The van der Waals surface area contributed by atoms with Gasteiger partial charge in [-0.3, -0.25) is 4.79 Å². The first-order valence-corrected chi connectivity index (χ1v) is 8.77. The monoisotopic (exact) mass is 308 g/mol. The molecule has 1 saturated carbocycles. The Morgan fingerprint density at radius 2 is 2.19 bits per heavy atom. The van der Waals surface area contributed by atoms with Crippen LogP contribution in [-0.2, 0) is 0 Å². The topological polar surface area (TPSA) is 71.2 Å². The highest BCUT2D eigenvalue weighted by Crippen LogP contribution is 2.27. The quantitative estimate of drug-likeness (QED) is 0.893. The summed E-state index contributed by atoms with van der Waals surface area (Å²) in [5, 5.41) is 3.48. The Labute approximate surface area is 129 Å². The number of nitrogens with two attached hydrogens (primary N) is 1. The van der Waals surface area contributed by atoms with E-state index >= 15 is 0 Å². The Hall–Kier alpha value is -1.14. The van der Waals surface area contributed by atoms with Crippen molar-refractivity contribution in [1.82, 2.24) is 15.2 Å². The SMILES string of the molecule is Nc1ncc(C(=O)NC[C@@H]2CCN(C3CCCCC3)C2)s1. The molecule has 5 nitrogen and oxygen atoms in total. The molecule has 1 aromatic rings. The Balaban J connectivity index is 1.43. The van der Waals surface area contributed by atoms with Crippen LogP contribution in [0.5, 0.6) is 0 Å². The lowest BCUT2D eigenvalue weighted by Gasteiger charge is -2.31. The molecule has 6 heteroatoms. The van der Waals surface area contributed by atoms with Gasteiger partial charge in [-0.15, -0.1) is 0 Å². The van der Waals surface area contributed by atoms with Crippen LogP contribution in [0.25, 0.3) is 0 Å². The van der Waals surface area contributed by atoms with Gasteiger partial charge in [0.25, 0.3) is 5.91 Å². The third-order valence-corrected chi connectivity index (χ3v) is 5.53. The van der Waals surface area contributed by atoms with Crippen molar-refractivity contribution in [2.75, 3.05) is 25.4 Å². The predicted octanol–water partition coefficient (Wildman–Crippen LogP) is 2.11. The Bertz CT molecular complexity index is 484. The molecule has 3 N–H and O–H groups in total. The molecule has 1 aliphatic heterocycles. The number of carbonyl (C=O) groups excluding carboxylic acids is 1. The lowest BCUT2D eigenvalue weighted by molar-refractivity contribution is 0.0950. The maximum absolute atomic E-state index is 12.0. The molecule has 2 aliphatic rings. The maximum atomic E-state index is 12.0. The van der Waals surface area contributed by atoms with Gasteiger partial charge in [0.15, 0.2) is 5.13 Å². The van der Waals surface area contributed by atoms with Crippen LogP contribution >= 0.6 is 11.3 Å². The first-order chi connectivity index (χ1) is 10.2. The van der Waals surface area contributed by atoms with Gasteiger partial charge >= 0.3 is 0 Å². The fourth-order valence-corrected chi connectivity index (χ4v) is 4.12. The highest BCUT2D eigenvalue weighted by atomic mass is 32.1. The second-order valence-corrected chi connectivity index (χ2v) is 7.28. The number of anilines is 1. The smallest absolute Gasteiger partial charge is 0.263 e. The lowest BCUT2D eigenvalue weighted by atomic mass is 9.94. The summed E-state index contributed by atoms with van der Waals surface area (Å²) in [6, 6.07) is 0.792. The Morgan fingerprint density at radius 1 is 1.38 bits per heavy atom. The Morgan fingerprint density at radius 3 is 2.90 bits per heavy atom. The van der Waals surface area contributed by atoms with Gasteiger partial charge in [-0.05, 0) is 31.7 Å². The normalized spacial score (nSPS) is 24.3. The second-order valence-electron chi connectivity index (χ2n) is 6.21. The standard InChI is InChI=1S/C15H24N4OS/c16-15-18-9-13(21-15)14(20)17-8-11-6-7-19(10-11)12-4-2-1-3-5-12/h9,11-12H,1-8,10H2,(H2,16,18)(H,17,20)/t11-/m0/s1. The zero-order valence-corrected chi connectivity index (χ0v) is 13.2. The van der Waals surface area contributed by atoms with Gasteiger partial charge in [-0.1, -0.05) is 30.6 Å². The highest BCUT2D eigenvalue weighted by molar-refractivity contribution is 7.17. The van der Waals surface area contributed by atoms with Crippen LogP contribution in [-0.4, -0.2) is 41.5 Å². The third-order valence-electron chi connectivity index (χ3n) is 4.71. The summed E-state index contributed by atoms with van der Waals surface area (Å²) in [5.74, 6) is 0.543. The van der Waals surface area contributed by atoms with Crippen molar-refractivity contribution in [2.45, 2.75) is 44.6 Å². The molecular formula is C15H24N4OS. The summed E-state index contributed by atoms with van der Waals surface area (Å²) in [7, 11) is 0. The number of hydrogen-bond donors (Lipinski definition) is 2. The largest absolute Gasteiger partial charge is 0.375 e. The van der Waals surface area contributed by atoms with Gasteiger partial charge in [0.05, 0.1) is 6.20 Å². The summed E-state index contributed by atoms with van der Waals surface area (Å²) < 4.78 is 0. The minimum atomic E-state index is -0.0414. The van der Waals surface area contributed by atoms with Crippen LogP contribution in [0.2, 0.25) is 0 Å².